The van der Waals surface area contributed by atoms with Crippen molar-refractivity contribution < 1.29 is 4.79 Å². The van der Waals surface area contributed by atoms with E-state index in [4.69, 9.17) is 0 Å². The van der Waals surface area contributed by atoms with E-state index < -0.39 is 5.91 Å². The number of amides is 1. The summed E-state index contributed by atoms with van der Waals surface area (Å²) in [7, 11) is 0. The van der Waals surface area contributed by atoms with Crippen molar-refractivity contribution in [3.8, 4) is 6.07 Å². The van der Waals surface area contributed by atoms with Crippen LogP contribution in [0.1, 0.15) is 0 Å². The van der Waals surface area contributed by atoms with Crippen LogP contribution in [0.15, 0.2) is 141 Å². The first-order valence-corrected chi connectivity index (χ1v) is 12.2. The van der Waals surface area contributed by atoms with Gasteiger partial charge in [-0.2, -0.15) is 5.26 Å². The van der Waals surface area contributed by atoms with Crippen molar-refractivity contribution >= 4 is 40.8 Å². The van der Waals surface area contributed by atoms with E-state index in [0.717, 1.165) is 25.3 Å². The molecule has 1 amide bonds. The first-order chi connectivity index (χ1) is 16.7. The molecular weight excluding hydrogens is 458 g/mol. The van der Waals surface area contributed by atoms with Crippen molar-refractivity contribution in [1.29, 1.82) is 5.26 Å². The Balaban J connectivity index is 1.48. The van der Waals surface area contributed by atoms with Crippen molar-refractivity contribution in [1.82, 2.24) is 0 Å². The van der Waals surface area contributed by atoms with Gasteiger partial charge in [0.25, 0.3) is 5.91 Å². The number of para-hydroxylation sites is 2. The average molecular weight is 480 g/mol. The van der Waals surface area contributed by atoms with Gasteiger partial charge in [-0.1, -0.05) is 84.2 Å². The minimum absolute atomic E-state index is 0.0148. The van der Waals surface area contributed by atoms with E-state index in [0.29, 0.717) is 5.69 Å². The first-order valence-electron chi connectivity index (χ1n) is 10.5. The molecule has 0 heterocycles. The monoisotopic (exact) mass is 479 g/mol. The maximum Gasteiger partial charge on any atom is 0.267 e. The second kappa shape index (κ2) is 11.8. The van der Waals surface area contributed by atoms with E-state index in [9.17, 15) is 10.1 Å². The molecule has 34 heavy (non-hydrogen) atoms. The van der Waals surface area contributed by atoms with E-state index in [1.807, 2.05) is 115 Å². The van der Waals surface area contributed by atoms with Gasteiger partial charge >= 0.3 is 0 Å². The van der Waals surface area contributed by atoms with Gasteiger partial charge in [-0.3, -0.25) is 4.79 Å². The number of anilines is 2. The van der Waals surface area contributed by atoms with Crippen molar-refractivity contribution in [3.63, 3.8) is 0 Å². The van der Waals surface area contributed by atoms with Gasteiger partial charge in [0.1, 0.15) is 11.6 Å². The Morgan fingerprint density at radius 1 is 0.676 bits per heavy atom. The van der Waals surface area contributed by atoms with Crippen molar-refractivity contribution in [2.45, 2.75) is 19.6 Å². The standard InChI is InChI=1S/C28H21N3OS2/c29-19-21(20-30-24-15-7-9-17-26(24)33-22-11-3-1-4-12-22)28(32)31-25-16-8-10-18-27(25)34-23-13-5-2-6-14-23/h1-18,20,30H,(H,31,32)/b21-20-. The van der Waals surface area contributed by atoms with Crippen LogP contribution in [0, 0.1) is 11.3 Å². The molecule has 4 rings (SSSR count). The summed E-state index contributed by atoms with van der Waals surface area (Å²) in [4.78, 5) is 16.9. The Morgan fingerprint density at radius 3 is 1.71 bits per heavy atom. The molecule has 2 N–H and O–H groups in total. The van der Waals surface area contributed by atoms with E-state index in [2.05, 4.69) is 10.6 Å². The van der Waals surface area contributed by atoms with E-state index in [1.165, 1.54) is 6.20 Å². The molecule has 0 aliphatic rings. The highest BCUT2D eigenvalue weighted by Gasteiger charge is 2.13. The Kier molecular flexibility index (Phi) is 8.07. The maximum atomic E-state index is 12.9. The van der Waals surface area contributed by atoms with Crippen LogP contribution in [0.4, 0.5) is 11.4 Å². The van der Waals surface area contributed by atoms with Gasteiger partial charge in [-0.15, -0.1) is 0 Å². The second-order valence-corrected chi connectivity index (χ2v) is 9.32. The number of carbonyl (C=O) groups is 1. The third-order valence-electron chi connectivity index (χ3n) is 4.70. The summed E-state index contributed by atoms with van der Waals surface area (Å²) >= 11 is 3.16. The van der Waals surface area contributed by atoms with Gasteiger partial charge in [0.15, 0.2) is 0 Å². The number of nitriles is 1. The molecule has 0 radical (unpaired) electrons. The lowest BCUT2D eigenvalue weighted by molar-refractivity contribution is -0.112. The summed E-state index contributed by atoms with van der Waals surface area (Å²) in [5.41, 5.74) is 1.46. The minimum atomic E-state index is -0.468. The van der Waals surface area contributed by atoms with Crippen LogP contribution < -0.4 is 10.6 Å². The lowest BCUT2D eigenvalue weighted by Crippen LogP contribution is -2.15. The zero-order valence-corrected chi connectivity index (χ0v) is 19.8. The van der Waals surface area contributed by atoms with Crippen LogP contribution in [0.2, 0.25) is 0 Å². The number of nitrogens with one attached hydrogen (secondary N) is 2. The van der Waals surface area contributed by atoms with Gasteiger partial charge in [-0.05, 0) is 48.5 Å². The summed E-state index contributed by atoms with van der Waals surface area (Å²) in [6.07, 6.45) is 1.45. The second-order valence-electron chi connectivity index (χ2n) is 7.09. The molecule has 0 spiro atoms. The summed E-state index contributed by atoms with van der Waals surface area (Å²) in [5.74, 6) is -0.468. The highest BCUT2D eigenvalue weighted by molar-refractivity contribution is 7.99. The van der Waals surface area contributed by atoms with Crippen LogP contribution >= 0.6 is 23.5 Å². The molecule has 4 aromatic carbocycles. The summed E-state index contributed by atoms with van der Waals surface area (Å²) in [6, 6.07) is 37.3. The number of benzene rings is 4. The zero-order valence-electron chi connectivity index (χ0n) is 18.1. The van der Waals surface area contributed by atoms with E-state index in [-0.39, 0.29) is 5.57 Å². The number of hydrogen-bond acceptors (Lipinski definition) is 5. The van der Waals surface area contributed by atoms with E-state index >= 15 is 0 Å². The molecule has 4 aromatic rings. The molecule has 0 bridgehead atoms. The number of hydrogen-bond donors (Lipinski definition) is 2. The van der Waals surface area contributed by atoms with Gasteiger partial charge in [0.05, 0.1) is 11.4 Å². The lowest BCUT2D eigenvalue weighted by Gasteiger charge is -2.11. The smallest absolute Gasteiger partial charge is 0.267 e. The molecule has 0 fully saturated rings. The highest BCUT2D eigenvalue weighted by Crippen LogP contribution is 2.34. The molecule has 0 aromatic heterocycles. The van der Waals surface area contributed by atoms with Crippen LogP contribution in [0.5, 0.6) is 0 Å². The predicted octanol–water partition coefficient (Wildman–Crippen LogP) is 7.45. The first kappa shape index (κ1) is 23.2. The van der Waals surface area contributed by atoms with Gasteiger partial charge in [0.2, 0.25) is 0 Å². The average Bonchev–Trinajstić information content (AvgIpc) is 2.88. The third kappa shape index (κ3) is 6.32. The number of carbonyl (C=O) groups excluding carboxylic acids is 1. The fraction of sp³-hybridized carbons (Fsp3) is 0. The SMILES string of the molecule is N#C/C(=C/Nc1ccccc1Sc1ccccc1)C(=O)Nc1ccccc1Sc1ccccc1. The normalized spacial score (nSPS) is 10.9. The number of nitrogens with zero attached hydrogens (tertiary/aromatic N) is 1. The van der Waals surface area contributed by atoms with Crippen LogP contribution in [0.25, 0.3) is 0 Å². The summed E-state index contributed by atoms with van der Waals surface area (Å²) < 4.78 is 0. The Hall–Kier alpha value is -3.92. The van der Waals surface area contributed by atoms with Crippen molar-refractivity contribution in [3.05, 3.63) is 121 Å². The third-order valence-corrected chi connectivity index (χ3v) is 6.87. The quantitative estimate of drug-likeness (QED) is 0.203. The summed E-state index contributed by atoms with van der Waals surface area (Å²) in [6.45, 7) is 0. The van der Waals surface area contributed by atoms with Gasteiger partial charge in [0, 0.05) is 25.8 Å². The van der Waals surface area contributed by atoms with Crippen molar-refractivity contribution in [2.24, 2.45) is 0 Å². The molecule has 0 atom stereocenters. The molecule has 0 unspecified atom stereocenters. The molecule has 166 valence electrons. The topological polar surface area (TPSA) is 64.9 Å². The van der Waals surface area contributed by atoms with E-state index in [1.54, 1.807) is 23.5 Å². The number of rotatable bonds is 8. The van der Waals surface area contributed by atoms with Gasteiger partial charge in [-0.25, -0.2) is 0 Å². The molecular formula is C28H21N3OS2. The molecule has 4 nitrogen and oxygen atoms in total. The minimum Gasteiger partial charge on any atom is -0.359 e. The fourth-order valence-corrected chi connectivity index (χ4v) is 4.91. The summed E-state index contributed by atoms with van der Waals surface area (Å²) in [5, 5.41) is 15.6. The highest BCUT2D eigenvalue weighted by atomic mass is 32.2. The fourth-order valence-electron chi connectivity index (χ4n) is 3.05. The zero-order chi connectivity index (χ0) is 23.6. The molecule has 0 saturated carbocycles. The van der Waals surface area contributed by atoms with Crippen LogP contribution in [0.3, 0.4) is 0 Å². The molecule has 0 aliphatic heterocycles. The Labute approximate surface area is 207 Å². The predicted molar refractivity (Wildman–Crippen MR) is 140 cm³/mol. The molecule has 6 heteroatoms. The largest absolute Gasteiger partial charge is 0.359 e. The van der Waals surface area contributed by atoms with Crippen molar-refractivity contribution in [2.75, 3.05) is 10.6 Å². The molecule has 0 saturated heterocycles. The Morgan fingerprint density at radius 2 is 1.15 bits per heavy atom. The Bertz CT molecular complexity index is 1330. The maximum absolute atomic E-state index is 12.9. The van der Waals surface area contributed by atoms with Crippen LogP contribution in [-0.4, -0.2) is 5.91 Å². The van der Waals surface area contributed by atoms with Gasteiger partial charge < -0.3 is 10.6 Å². The lowest BCUT2D eigenvalue weighted by atomic mass is 10.2. The van der Waals surface area contributed by atoms with Crippen LogP contribution in [-0.2, 0) is 4.79 Å². The molecule has 0 aliphatic carbocycles.